The Morgan fingerprint density at radius 1 is 1.39 bits per heavy atom. The van der Waals surface area contributed by atoms with Gasteiger partial charge in [-0.1, -0.05) is 0 Å². The number of rotatable bonds is 3. The molecular formula is C18H27ClN2O2. The first kappa shape index (κ1) is 16.9. The fourth-order valence-corrected chi connectivity index (χ4v) is 4.36. The summed E-state index contributed by atoms with van der Waals surface area (Å²) in [6.45, 7) is 7.90. The Labute approximate surface area is 144 Å². The third kappa shape index (κ3) is 3.17. The predicted molar refractivity (Wildman–Crippen MR) is 93.8 cm³/mol. The highest BCUT2D eigenvalue weighted by atomic mass is 35.5. The van der Waals surface area contributed by atoms with Crippen LogP contribution in [-0.4, -0.2) is 44.3 Å². The van der Waals surface area contributed by atoms with Gasteiger partial charge in [-0.05, 0) is 50.4 Å². The van der Waals surface area contributed by atoms with Gasteiger partial charge in [0.15, 0.2) is 0 Å². The van der Waals surface area contributed by atoms with Crippen molar-refractivity contribution in [1.29, 1.82) is 0 Å². The van der Waals surface area contributed by atoms with Gasteiger partial charge in [0.05, 0.1) is 7.11 Å². The van der Waals surface area contributed by atoms with Crippen molar-refractivity contribution in [3.05, 3.63) is 23.3 Å². The molecule has 5 heteroatoms. The van der Waals surface area contributed by atoms with E-state index in [1.807, 2.05) is 0 Å². The van der Waals surface area contributed by atoms with Crippen LogP contribution < -0.4 is 14.8 Å². The van der Waals surface area contributed by atoms with Crippen molar-refractivity contribution in [2.24, 2.45) is 5.41 Å². The topological polar surface area (TPSA) is 33.7 Å². The van der Waals surface area contributed by atoms with Crippen molar-refractivity contribution >= 4 is 12.4 Å². The molecule has 2 fully saturated rings. The molecule has 0 saturated carbocycles. The van der Waals surface area contributed by atoms with Crippen LogP contribution in [-0.2, 0) is 13.0 Å². The third-order valence-corrected chi connectivity index (χ3v) is 5.52. The highest BCUT2D eigenvalue weighted by Crippen LogP contribution is 2.40. The van der Waals surface area contributed by atoms with Crippen LogP contribution in [0, 0.1) is 5.41 Å². The average molecular weight is 339 g/mol. The van der Waals surface area contributed by atoms with E-state index in [1.54, 1.807) is 7.11 Å². The number of methoxy groups -OCH3 is 1. The molecule has 1 aromatic carbocycles. The Kier molecular flexibility index (Phi) is 4.77. The largest absolute Gasteiger partial charge is 0.497 e. The van der Waals surface area contributed by atoms with E-state index in [0.717, 1.165) is 24.5 Å². The van der Waals surface area contributed by atoms with E-state index in [4.69, 9.17) is 9.47 Å². The molecule has 1 aromatic rings. The Morgan fingerprint density at radius 3 is 3.00 bits per heavy atom. The quantitative estimate of drug-likeness (QED) is 0.918. The van der Waals surface area contributed by atoms with Crippen molar-refractivity contribution < 1.29 is 9.47 Å². The van der Waals surface area contributed by atoms with E-state index >= 15 is 0 Å². The summed E-state index contributed by atoms with van der Waals surface area (Å²) < 4.78 is 11.6. The SMILES string of the molecule is COc1cc2c(c(CN3CCC4(CCNC4)C3)c1)OC(C)C2.Cl. The fourth-order valence-electron chi connectivity index (χ4n) is 4.36. The van der Waals surface area contributed by atoms with Gasteiger partial charge in [0.2, 0.25) is 0 Å². The molecule has 0 aliphatic carbocycles. The molecule has 2 saturated heterocycles. The van der Waals surface area contributed by atoms with E-state index in [0.29, 0.717) is 5.41 Å². The van der Waals surface area contributed by atoms with Crippen molar-refractivity contribution in [2.45, 2.75) is 38.8 Å². The number of likely N-dealkylation sites (tertiary alicyclic amines) is 1. The average Bonchev–Trinajstić information content (AvgIpc) is 3.20. The zero-order valence-corrected chi connectivity index (χ0v) is 14.9. The summed E-state index contributed by atoms with van der Waals surface area (Å²) >= 11 is 0. The number of nitrogens with one attached hydrogen (secondary N) is 1. The summed E-state index contributed by atoms with van der Waals surface area (Å²) in [7, 11) is 1.75. The predicted octanol–water partition coefficient (Wildman–Crippen LogP) is 2.63. The zero-order chi connectivity index (χ0) is 15.2. The maximum absolute atomic E-state index is 6.07. The lowest BCUT2D eigenvalue weighted by Gasteiger charge is -2.23. The number of fused-ring (bicyclic) bond motifs is 1. The molecule has 3 aliphatic rings. The number of nitrogens with zero attached hydrogens (tertiary/aromatic N) is 1. The monoisotopic (exact) mass is 338 g/mol. The standard InChI is InChI=1S/C18H26N2O2.ClH/c1-13-7-14-8-16(21-2)9-15(17(14)22-13)10-20-6-4-18(12-20)3-5-19-11-18;/h8-9,13,19H,3-7,10-12H2,1-2H3;1H. The first-order valence-corrected chi connectivity index (χ1v) is 8.47. The third-order valence-electron chi connectivity index (χ3n) is 5.52. The van der Waals surface area contributed by atoms with Gasteiger partial charge in [-0.25, -0.2) is 0 Å². The minimum absolute atomic E-state index is 0. The molecule has 0 radical (unpaired) electrons. The number of hydrogen-bond donors (Lipinski definition) is 1. The van der Waals surface area contributed by atoms with E-state index in [1.165, 1.54) is 50.1 Å². The Bertz CT molecular complexity index is 572. The number of halogens is 1. The van der Waals surface area contributed by atoms with Crippen LogP contribution in [0.15, 0.2) is 12.1 Å². The summed E-state index contributed by atoms with van der Waals surface area (Å²) in [5, 5.41) is 3.53. The molecule has 1 N–H and O–H groups in total. The van der Waals surface area contributed by atoms with Crippen molar-refractivity contribution in [3.8, 4) is 11.5 Å². The molecular weight excluding hydrogens is 312 g/mol. The lowest BCUT2D eigenvalue weighted by atomic mass is 9.86. The van der Waals surface area contributed by atoms with Gasteiger partial charge in [0.1, 0.15) is 17.6 Å². The molecule has 0 amide bonds. The number of ether oxygens (including phenoxy) is 2. The molecule has 1 spiro atoms. The molecule has 0 aromatic heterocycles. The second-order valence-electron chi connectivity index (χ2n) is 7.29. The smallest absolute Gasteiger partial charge is 0.127 e. The van der Waals surface area contributed by atoms with Gasteiger partial charge in [0, 0.05) is 37.2 Å². The van der Waals surface area contributed by atoms with Gasteiger partial charge in [-0.3, -0.25) is 4.90 Å². The van der Waals surface area contributed by atoms with Crippen LogP contribution in [0.5, 0.6) is 11.5 Å². The van der Waals surface area contributed by atoms with Crippen LogP contribution in [0.1, 0.15) is 30.9 Å². The Morgan fingerprint density at radius 2 is 2.26 bits per heavy atom. The second-order valence-corrected chi connectivity index (χ2v) is 7.29. The number of hydrogen-bond acceptors (Lipinski definition) is 4. The first-order valence-electron chi connectivity index (χ1n) is 8.47. The van der Waals surface area contributed by atoms with E-state index in [-0.39, 0.29) is 18.5 Å². The van der Waals surface area contributed by atoms with Gasteiger partial charge < -0.3 is 14.8 Å². The minimum atomic E-state index is 0. The Hall–Kier alpha value is -0.970. The van der Waals surface area contributed by atoms with Gasteiger partial charge in [0.25, 0.3) is 0 Å². The van der Waals surface area contributed by atoms with E-state index < -0.39 is 0 Å². The summed E-state index contributed by atoms with van der Waals surface area (Å²) in [5.41, 5.74) is 3.12. The normalized spacial score (nSPS) is 29.4. The van der Waals surface area contributed by atoms with Crippen LogP contribution in [0.4, 0.5) is 0 Å². The number of benzene rings is 1. The van der Waals surface area contributed by atoms with E-state index in [9.17, 15) is 0 Å². The highest BCUT2D eigenvalue weighted by Gasteiger charge is 2.40. The zero-order valence-electron chi connectivity index (χ0n) is 14.1. The van der Waals surface area contributed by atoms with Crippen molar-refractivity contribution in [3.63, 3.8) is 0 Å². The van der Waals surface area contributed by atoms with Crippen LogP contribution >= 0.6 is 12.4 Å². The van der Waals surface area contributed by atoms with Gasteiger partial charge >= 0.3 is 0 Å². The highest BCUT2D eigenvalue weighted by molar-refractivity contribution is 5.85. The summed E-state index contributed by atoms with van der Waals surface area (Å²) in [6, 6.07) is 4.30. The summed E-state index contributed by atoms with van der Waals surface area (Å²) in [5.74, 6) is 2.07. The lowest BCUT2D eigenvalue weighted by Crippen LogP contribution is -2.29. The maximum Gasteiger partial charge on any atom is 0.127 e. The molecule has 4 rings (SSSR count). The van der Waals surface area contributed by atoms with Gasteiger partial charge in [-0.2, -0.15) is 0 Å². The Balaban J connectivity index is 0.00000156. The second kappa shape index (κ2) is 6.50. The minimum Gasteiger partial charge on any atom is -0.497 e. The molecule has 128 valence electrons. The van der Waals surface area contributed by atoms with Crippen LogP contribution in [0.25, 0.3) is 0 Å². The van der Waals surface area contributed by atoms with Crippen molar-refractivity contribution in [2.75, 3.05) is 33.3 Å². The van der Waals surface area contributed by atoms with E-state index in [2.05, 4.69) is 29.3 Å². The first-order chi connectivity index (χ1) is 10.7. The molecule has 3 heterocycles. The van der Waals surface area contributed by atoms with Gasteiger partial charge in [-0.15, -0.1) is 12.4 Å². The molecule has 2 unspecified atom stereocenters. The molecule has 4 nitrogen and oxygen atoms in total. The van der Waals surface area contributed by atoms with Crippen LogP contribution in [0.2, 0.25) is 0 Å². The fraction of sp³-hybridized carbons (Fsp3) is 0.667. The molecule has 0 bridgehead atoms. The molecule has 23 heavy (non-hydrogen) atoms. The summed E-state index contributed by atoms with van der Waals surface area (Å²) in [4.78, 5) is 2.59. The van der Waals surface area contributed by atoms with Crippen molar-refractivity contribution in [1.82, 2.24) is 10.2 Å². The molecule has 2 atom stereocenters. The molecule has 3 aliphatic heterocycles. The lowest BCUT2D eigenvalue weighted by molar-refractivity contribution is 0.240. The van der Waals surface area contributed by atoms with Crippen LogP contribution in [0.3, 0.4) is 0 Å². The maximum atomic E-state index is 6.07. The summed E-state index contributed by atoms with van der Waals surface area (Å²) in [6.07, 6.45) is 3.93.